The monoisotopic (exact) mass is 296 g/mol. The molecule has 0 spiro atoms. The highest BCUT2D eigenvalue weighted by Crippen LogP contribution is 2.23. The average molecular weight is 296 g/mol. The number of carbonyl (C=O) groups excluding carboxylic acids is 1. The Morgan fingerprint density at radius 3 is 2.95 bits per heavy atom. The molecule has 110 valence electrons. The first-order valence-electron chi connectivity index (χ1n) is 6.91. The van der Waals surface area contributed by atoms with Crippen LogP contribution in [0.4, 0.5) is 4.79 Å². The van der Waals surface area contributed by atoms with E-state index in [1.54, 1.807) is 21.1 Å². The molecule has 2 heterocycles. The van der Waals surface area contributed by atoms with E-state index in [4.69, 9.17) is 5.11 Å². The Balaban J connectivity index is 2.01. The molecule has 1 aliphatic rings. The lowest BCUT2D eigenvalue weighted by atomic mass is 10.1. The largest absolute Gasteiger partial charge is 0.481 e. The van der Waals surface area contributed by atoms with Crippen LogP contribution in [0.2, 0.25) is 0 Å². The molecule has 1 aliphatic heterocycles. The molecule has 1 fully saturated rings. The Labute approximate surface area is 122 Å². The third kappa shape index (κ3) is 3.50. The maximum atomic E-state index is 12.6. The third-order valence-corrected chi connectivity index (χ3v) is 4.47. The molecule has 1 aromatic rings. The quantitative estimate of drug-likeness (QED) is 0.908. The van der Waals surface area contributed by atoms with Gasteiger partial charge in [0.05, 0.1) is 13.0 Å². The van der Waals surface area contributed by atoms with Gasteiger partial charge in [-0.3, -0.25) is 4.79 Å². The minimum atomic E-state index is -0.837. The zero-order valence-electron chi connectivity index (χ0n) is 11.6. The summed E-state index contributed by atoms with van der Waals surface area (Å²) in [4.78, 5) is 28.1. The van der Waals surface area contributed by atoms with E-state index in [0.717, 1.165) is 17.7 Å². The molecule has 20 heavy (non-hydrogen) atoms. The molecule has 1 saturated heterocycles. The standard InChI is InChI=1S/C14H20N2O3S/c1-2-15(10-12-6-4-8-20-12)14(19)16-7-3-5-11(16)9-13(17)18/h4,6,8,11H,2-3,5,7,9-10H2,1H3,(H,17,18). The van der Waals surface area contributed by atoms with E-state index in [-0.39, 0.29) is 18.5 Å². The van der Waals surface area contributed by atoms with E-state index in [9.17, 15) is 9.59 Å². The topological polar surface area (TPSA) is 60.9 Å². The van der Waals surface area contributed by atoms with Crippen LogP contribution in [0.3, 0.4) is 0 Å². The zero-order valence-corrected chi connectivity index (χ0v) is 12.4. The number of rotatable bonds is 5. The number of nitrogens with zero attached hydrogens (tertiary/aromatic N) is 2. The van der Waals surface area contributed by atoms with Gasteiger partial charge in [0.2, 0.25) is 0 Å². The fourth-order valence-corrected chi connectivity index (χ4v) is 3.31. The van der Waals surface area contributed by atoms with Crippen LogP contribution in [0.5, 0.6) is 0 Å². The summed E-state index contributed by atoms with van der Waals surface area (Å²) >= 11 is 1.63. The molecule has 0 aliphatic carbocycles. The number of hydrogen-bond acceptors (Lipinski definition) is 3. The van der Waals surface area contributed by atoms with Gasteiger partial charge < -0.3 is 14.9 Å². The minimum Gasteiger partial charge on any atom is -0.481 e. The number of likely N-dealkylation sites (tertiary alicyclic amines) is 1. The van der Waals surface area contributed by atoms with Crippen LogP contribution >= 0.6 is 11.3 Å². The molecule has 0 aromatic carbocycles. The Bertz CT molecular complexity index is 461. The number of carbonyl (C=O) groups is 2. The van der Waals surface area contributed by atoms with E-state index >= 15 is 0 Å². The van der Waals surface area contributed by atoms with Gasteiger partial charge in [-0.2, -0.15) is 0 Å². The van der Waals surface area contributed by atoms with Gasteiger partial charge in [0.15, 0.2) is 0 Å². The molecular formula is C14H20N2O3S. The van der Waals surface area contributed by atoms with Crippen molar-refractivity contribution in [3.05, 3.63) is 22.4 Å². The Kier molecular flexibility index (Phi) is 5.00. The van der Waals surface area contributed by atoms with Crippen LogP contribution in [0.25, 0.3) is 0 Å². The summed E-state index contributed by atoms with van der Waals surface area (Å²) in [6.45, 7) is 3.85. The summed E-state index contributed by atoms with van der Waals surface area (Å²) in [5, 5.41) is 10.9. The first-order chi connectivity index (χ1) is 9.61. The predicted molar refractivity (Wildman–Crippen MR) is 77.8 cm³/mol. The Hall–Kier alpha value is -1.56. The van der Waals surface area contributed by atoms with Crippen molar-refractivity contribution in [3.63, 3.8) is 0 Å². The van der Waals surface area contributed by atoms with Crippen molar-refractivity contribution in [1.82, 2.24) is 9.80 Å². The fraction of sp³-hybridized carbons (Fsp3) is 0.571. The molecule has 1 atom stereocenters. The van der Waals surface area contributed by atoms with Crippen molar-refractivity contribution >= 4 is 23.3 Å². The van der Waals surface area contributed by atoms with Gasteiger partial charge in [0.25, 0.3) is 0 Å². The SMILES string of the molecule is CCN(Cc1cccs1)C(=O)N1CCCC1CC(=O)O. The zero-order chi connectivity index (χ0) is 14.5. The van der Waals surface area contributed by atoms with Gasteiger partial charge in [0.1, 0.15) is 0 Å². The number of carboxylic acid groups (broad SMARTS) is 1. The number of carboxylic acids is 1. The number of amides is 2. The maximum absolute atomic E-state index is 12.6. The normalized spacial score (nSPS) is 18.2. The summed E-state index contributed by atoms with van der Waals surface area (Å²) < 4.78 is 0. The smallest absolute Gasteiger partial charge is 0.320 e. The van der Waals surface area contributed by atoms with Crippen molar-refractivity contribution in [2.75, 3.05) is 13.1 Å². The molecule has 1 N–H and O–H groups in total. The first kappa shape index (κ1) is 14.8. The van der Waals surface area contributed by atoms with E-state index < -0.39 is 5.97 Å². The number of hydrogen-bond donors (Lipinski definition) is 1. The van der Waals surface area contributed by atoms with Crippen molar-refractivity contribution < 1.29 is 14.7 Å². The van der Waals surface area contributed by atoms with Gasteiger partial charge in [0, 0.05) is 24.0 Å². The van der Waals surface area contributed by atoms with E-state index in [0.29, 0.717) is 19.6 Å². The molecule has 2 amide bonds. The summed E-state index contributed by atoms with van der Waals surface area (Å²) in [6.07, 6.45) is 1.72. The molecular weight excluding hydrogens is 276 g/mol. The molecule has 2 rings (SSSR count). The van der Waals surface area contributed by atoms with Gasteiger partial charge in [-0.1, -0.05) is 6.07 Å². The van der Waals surface area contributed by atoms with Gasteiger partial charge in [-0.15, -0.1) is 11.3 Å². The van der Waals surface area contributed by atoms with E-state index in [2.05, 4.69) is 0 Å². The van der Waals surface area contributed by atoms with Crippen LogP contribution in [-0.4, -0.2) is 46.0 Å². The third-order valence-electron chi connectivity index (χ3n) is 3.61. The van der Waals surface area contributed by atoms with Crippen LogP contribution in [0, 0.1) is 0 Å². The first-order valence-corrected chi connectivity index (χ1v) is 7.79. The lowest BCUT2D eigenvalue weighted by molar-refractivity contribution is -0.138. The minimum absolute atomic E-state index is 0.0374. The summed E-state index contributed by atoms with van der Waals surface area (Å²) in [6, 6.07) is 3.79. The second kappa shape index (κ2) is 6.74. The Morgan fingerprint density at radius 1 is 1.55 bits per heavy atom. The van der Waals surface area contributed by atoms with Crippen molar-refractivity contribution in [2.24, 2.45) is 0 Å². The highest BCUT2D eigenvalue weighted by molar-refractivity contribution is 7.09. The lowest BCUT2D eigenvalue weighted by Crippen LogP contribution is -2.45. The van der Waals surface area contributed by atoms with Crippen LogP contribution in [0.1, 0.15) is 31.1 Å². The second-order valence-corrected chi connectivity index (χ2v) is 6.00. The molecule has 6 heteroatoms. The van der Waals surface area contributed by atoms with Gasteiger partial charge >= 0.3 is 12.0 Å². The van der Waals surface area contributed by atoms with Gasteiger partial charge in [-0.05, 0) is 31.2 Å². The van der Waals surface area contributed by atoms with Crippen molar-refractivity contribution in [1.29, 1.82) is 0 Å². The highest BCUT2D eigenvalue weighted by Gasteiger charge is 2.32. The number of aliphatic carboxylic acids is 1. The van der Waals surface area contributed by atoms with Crippen LogP contribution in [0.15, 0.2) is 17.5 Å². The highest BCUT2D eigenvalue weighted by atomic mass is 32.1. The van der Waals surface area contributed by atoms with Crippen molar-refractivity contribution in [2.45, 2.75) is 38.8 Å². The summed E-state index contributed by atoms with van der Waals surface area (Å²) in [5.74, 6) is -0.837. The van der Waals surface area contributed by atoms with Crippen molar-refractivity contribution in [3.8, 4) is 0 Å². The van der Waals surface area contributed by atoms with E-state index in [1.807, 2.05) is 24.4 Å². The number of urea groups is 1. The predicted octanol–water partition coefficient (Wildman–Crippen LogP) is 2.63. The molecule has 1 aromatic heterocycles. The molecule has 0 radical (unpaired) electrons. The number of thiophene rings is 1. The average Bonchev–Trinajstić information content (AvgIpc) is 3.05. The lowest BCUT2D eigenvalue weighted by Gasteiger charge is -2.30. The molecule has 1 unspecified atom stereocenters. The molecule has 5 nitrogen and oxygen atoms in total. The molecule has 0 bridgehead atoms. The summed E-state index contributed by atoms with van der Waals surface area (Å²) in [5.41, 5.74) is 0. The van der Waals surface area contributed by atoms with Crippen LogP contribution in [-0.2, 0) is 11.3 Å². The maximum Gasteiger partial charge on any atom is 0.320 e. The molecule has 0 saturated carbocycles. The summed E-state index contributed by atoms with van der Waals surface area (Å²) in [7, 11) is 0. The fourth-order valence-electron chi connectivity index (χ4n) is 2.59. The van der Waals surface area contributed by atoms with Crippen LogP contribution < -0.4 is 0 Å². The second-order valence-electron chi connectivity index (χ2n) is 4.96. The van der Waals surface area contributed by atoms with Gasteiger partial charge in [-0.25, -0.2) is 4.79 Å². The Morgan fingerprint density at radius 2 is 2.35 bits per heavy atom. The van der Waals surface area contributed by atoms with E-state index in [1.165, 1.54) is 0 Å².